The van der Waals surface area contributed by atoms with E-state index in [-0.39, 0.29) is 24.4 Å². The Bertz CT molecular complexity index is 413. The fourth-order valence-corrected chi connectivity index (χ4v) is 2.67. The van der Waals surface area contributed by atoms with Crippen LogP contribution in [0.2, 0.25) is 0 Å². The van der Waals surface area contributed by atoms with Gasteiger partial charge in [0.2, 0.25) is 5.91 Å². The van der Waals surface area contributed by atoms with Crippen molar-refractivity contribution in [2.75, 3.05) is 19.6 Å². The van der Waals surface area contributed by atoms with Gasteiger partial charge >= 0.3 is 0 Å². The molecular formula is C15H24ClN3O. The van der Waals surface area contributed by atoms with Gasteiger partial charge in [-0.1, -0.05) is 30.3 Å². The third-order valence-corrected chi connectivity index (χ3v) is 3.79. The highest BCUT2D eigenvalue weighted by Crippen LogP contribution is 2.16. The number of carbonyl (C=O) groups is 1. The molecular weight excluding hydrogens is 274 g/mol. The highest BCUT2D eigenvalue weighted by atomic mass is 35.5. The summed E-state index contributed by atoms with van der Waals surface area (Å²) in [6.45, 7) is 4.09. The summed E-state index contributed by atoms with van der Waals surface area (Å²) in [4.78, 5) is 14.2. The fraction of sp³-hybridized carbons (Fsp3) is 0.533. The molecule has 1 amide bonds. The molecule has 20 heavy (non-hydrogen) atoms. The molecule has 0 bridgehead atoms. The van der Waals surface area contributed by atoms with Crippen LogP contribution in [0.15, 0.2) is 30.3 Å². The Kier molecular flexibility index (Phi) is 6.99. The number of likely N-dealkylation sites (tertiary alicyclic amines) is 1. The summed E-state index contributed by atoms with van der Waals surface area (Å²) in [6.07, 6.45) is 2.25. The van der Waals surface area contributed by atoms with Crippen LogP contribution in [0.3, 0.4) is 0 Å². The van der Waals surface area contributed by atoms with E-state index >= 15 is 0 Å². The Balaban J connectivity index is 0.00000200. The second-order valence-electron chi connectivity index (χ2n) is 5.20. The minimum Gasteiger partial charge on any atom is -0.348 e. The fourth-order valence-electron chi connectivity index (χ4n) is 2.67. The lowest BCUT2D eigenvalue weighted by Crippen LogP contribution is -2.43. The molecule has 2 unspecified atom stereocenters. The van der Waals surface area contributed by atoms with Gasteiger partial charge in [0.05, 0.1) is 12.6 Å². The van der Waals surface area contributed by atoms with Gasteiger partial charge in [0, 0.05) is 12.6 Å². The molecule has 0 aromatic heterocycles. The van der Waals surface area contributed by atoms with Crippen molar-refractivity contribution in [2.45, 2.75) is 31.8 Å². The van der Waals surface area contributed by atoms with Crippen molar-refractivity contribution in [3.8, 4) is 0 Å². The molecule has 112 valence electrons. The van der Waals surface area contributed by atoms with Crippen LogP contribution in [0.25, 0.3) is 0 Å². The van der Waals surface area contributed by atoms with Gasteiger partial charge < -0.3 is 11.1 Å². The minimum atomic E-state index is 0. The van der Waals surface area contributed by atoms with Crippen molar-refractivity contribution in [2.24, 2.45) is 5.73 Å². The Morgan fingerprint density at radius 3 is 2.80 bits per heavy atom. The van der Waals surface area contributed by atoms with Gasteiger partial charge in [-0.05, 0) is 31.9 Å². The molecule has 0 aliphatic carbocycles. The largest absolute Gasteiger partial charge is 0.348 e. The lowest BCUT2D eigenvalue weighted by molar-refractivity contribution is -0.123. The third kappa shape index (κ3) is 4.47. The number of nitrogens with two attached hydrogens (primary N) is 1. The average Bonchev–Trinajstić information content (AvgIpc) is 2.86. The Hall–Kier alpha value is -1.10. The Morgan fingerprint density at radius 1 is 1.45 bits per heavy atom. The van der Waals surface area contributed by atoms with Crippen LogP contribution >= 0.6 is 12.4 Å². The molecule has 5 heteroatoms. The zero-order valence-corrected chi connectivity index (χ0v) is 12.7. The molecule has 1 fully saturated rings. The van der Waals surface area contributed by atoms with E-state index in [9.17, 15) is 4.79 Å². The molecule has 0 radical (unpaired) electrons. The van der Waals surface area contributed by atoms with Crippen LogP contribution in [0, 0.1) is 0 Å². The standard InChI is InChI=1S/C15H23N3O.ClH/c1-12(13-6-3-2-4-7-13)17-15(19)11-18-9-5-8-14(18)10-16;/h2-4,6-7,12,14H,5,8-11,16H2,1H3,(H,17,19);1H. The van der Waals surface area contributed by atoms with Gasteiger partial charge in [-0.3, -0.25) is 9.69 Å². The van der Waals surface area contributed by atoms with Gasteiger partial charge in [0.25, 0.3) is 0 Å². The Morgan fingerprint density at radius 2 is 2.15 bits per heavy atom. The van der Waals surface area contributed by atoms with Crippen LogP contribution in [0.1, 0.15) is 31.4 Å². The topological polar surface area (TPSA) is 58.4 Å². The predicted molar refractivity (Wildman–Crippen MR) is 83.9 cm³/mol. The molecule has 3 N–H and O–H groups in total. The number of hydrogen-bond donors (Lipinski definition) is 2. The van der Waals surface area contributed by atoms with E-state index in [4.69, 9.17) is 5.73 Å². The second kappa shape index (κ2) is 8.25. The van der Waals surface area contributed by atoms with E-state index in [0.717, 1.165) is 24.9 Å². The van der Waals surface area contributed by atoms with Crippen LogP contribution < -0.4 is 11.1 Å². The minimum absolute atomic E-state index is 0. The number of rotatable bonds is 5. The number of nitrogens with zero attached hydrogens (tertiary/aromatic N) is 1. The average molecular weight is 298 g/mol. The molecule has 1 saturated heterocycles. The quantitative estimate of drug-likeness (QED) is 0.870. The van der Waals surface area contributed by atoms with E-state index in [1.807, 2.05) is 37.3 Å². The summed E-state index contributed by atoms with van der Waals surface area (Å²) in [5.41, 5.74) is 6.85. The zero-order chi connectivity index (χ0) is 13.7. The number of nitrogens with one attached hydrogen (secondary N) is 1. The van der Waals surface area contributed by atoms with Gasteiger partial charge in [0.1, 0.15) is 0 Å². The van der Waals surface area contributed by atoms with E-state index < -0.39 is 0 Å². The highest BCUT2D eigenvalue weighted by molar-refractivity contribution is 5.85. The van der Waals surface area contributed by atoms with Crippen molar-refractivity contribution >= 4 is 18.3 Å². The number of halogens is 1. The number of amides is 1. The lowest BCUT2D eigenvalue weighted by Gasteiger charge is -2.23. The first-order valence-corrected chi connectivity index (χ1v) is 6.99. The maximum absolute atomic E-state index is 12.1. The molecule has 0 spiro atoms. The van der Waals surface area contributed by atoms with Crippen LogP contribution in [-0.4, -0.2) is 36.5 Å². The van der Waals surface area contributed by atoms with Crippen molar-refractivity contribution in [1.29, 1.82) is 0 Å². The van der Waals surface area contributed by atoms with Crippen molar-refractivity contribution < 1.29 is 4.79 Å². The summed E-state index contributed by atoms with van der Waals surface area (Å²) >= 11 is 0. The molecule has 4 nitrogen and oxygen atoms in total. The normalized spacial score (nSPS) is 20.2. The van der Waals surface area contributed by atoms with Crippen LogP contribution in [-0.2, 0) is 4.79 Å². The Labute approximate surface area is 127 Å². The summed E-state index contributed by atoms with van der Waals surface area (Å²) in [6, 6.07) is 10.4. The van der Waals surface area contributed by atoms with Crippen molar-refractivity contribution in [1.82, 2.24) is 10.2 Å². The first-order valence-electron chi connectivity index (χ1n) is 6.99. The van der Waals surface area contributed by atoms with E-state index in [2.05, 4.69) is 10.2 Å². The van der Waals surface area contributed by atoms with E-state index in [0.29, 0.717) is 19.1 Å². The molecule has 1 heterocycles. The molecule has 1 aromatic carbocycles. The maximum Gasteiger partial charge on any atom is 0.234 e. The van der Waals surface area contributed by atoms with E-state index in [1.54, 1.807) is 0 Å². The zero-order valence-electron chi connectivity index (χ0n) is 11.9. The maximum atomic E-state index is 12.1. The van der Waals surface area contributed by atoms with Crippen molar-refractivity contribution in [3.63, 3.8) is 0 Å². The monoisotopic (exact) mass is 297 g/mol. The van der Waals surface area contributed by atoms with Gasteiger partial charge in [-0.25, -0.2) is 0 Å². The third-order valence-electron chi connectivity index (χ3n) is 3.79. The van der Waals surface area contributed by atoms with E-state index in [1.165, 1.54) is 0 Å². The predicted octanol–water partition coefficient (Wildman–Crippen LogP) is 1.71. The lowest BCUT2D eigenvalue weighted by atomic mass is 10.1. The first-order chi connectivity index (χ1) is 9.20. The highest BCUT2D eigenvalue weighted by Gasteiger charge is 2.25. The molecule has 2 rings (SSSR count). The van der Waals surface area contributed by atoms with Crippen LogP contribution in [0.5, 0.6) is 0 Å². The molecule has 1 aliphatic rings. The molecule has 1 aliphatic heterocycles. The second-order valence-corrected chi connectivity index (χ2v) is 5.20. The number of hydrogen-bond acceptors (Lipinski definition) is 3. The molecule has 0 saturated carbocycles. The molecule has 1 aromatic rings. The summed E-state index contributed by atoms with van der Waals surface area (Å²) in [7, 11) is 0. The van der Waals surface area contributed by atoms with Gasteiger partial charge in [-0.15, -0.1) is 12.4 Å². The van der Waals surface area contributed by atoms with Gasteiger partial charge in [-0.2, -0.15) is 0 Å². The first kappa shape index (κ1) is 17.0. The molecule has 2 atom stereocenters. The van der Waals surface area contributed by atoms with Gasteiger partial charge in [0.15, 0.2) is 0 Å². The smallest absolute Gasteiger partial charge is 0.234 e. The summed E-state index contributed by atoms with van der Waals surface area (Å²) < 4.78 is 0. The van der Waals surface area contributed by atoms with Crippen LogP contribution in [0.4, 0.5) is 0 Å². The summed E-state index contributed by atoms with van der Waals surface area (Å²) in [5, 5.41) is 3.05. The number of benzene rings is 1. The number of carbonyl (C=O) groups excluding carboxylic acids is 1. The summed E-state index contributed by atoms with van der Waals surface area (Å²) in [5.74, 6) is 0.0803. The van der Waals surface area contributed by atoms with Crippen molar-refractivity contribution in [3.05, 3.63) is 35.9 Å². The SMILES string of the molecule is CC(NC(=O)CN1CCCC1CN)c1ccccc1.Cl.